The van der Waals surface area contributed by atoms with Crippen LogP contribution in [0.2, 0.25) is 0 Å². The van der Waals surface area contributed by atoms with E-state index < -0.39 is 10.0 Å². The molecule has 0 spiro atoms. The molecule has 0 aliphatic carbocycles. The molecular formula is C17H30N4O3S. The van der Waals surface area contributed by atoms with Crippen molar-refractivity contribution in [3.05, 3.63) is 35.4 Å². The fraction of sp³-hybridized carbons (Fsp3) is 0.588. The highest BCUT2D eigenvalue weighted by atomic mass is 32.2. The summed E-state index contributed by atoms with van der Waals surface area (Å²) >= 11 is 0. The highest BCUT2D eigenvalue weighted by Gasteiger charge is 2.08. The lowest BCUT2D eigenvalue weighted by atomic mass is 10.1. The third kappa shape index (κ3) is 9.42. The van der Waals surface area contributed by atoms with E-state index in [1.807, 2.05) is 32.0 Å². The van der Waals surface area contributed by atoms with E-state index in [4.69, 9.17) is 4.74 Å². The zero-order valence-corrected chi connectivity index (χ0v) is 16.2. The Hall–Kier alpha value is -1.64. The van der Waals surface area contributed by atoms with E-state index in [0.717, 1.165) is 49.8 Å². The monoisotopic (exact) mass is 370 g/mol. The van der Waals surface area contributed by atoms with Gasteiger partial charge in [0.05, 0.1) is 12.3 Å². The van der Waals surface area contributed by atoms with Gasteiger partial charge in [-0.05, 0) is 38.4 Å². The minimum Gasteiger partial charge on any atom is -0.382 e. The van der Waals surface area contributed by atoms with Crippen LogP contribution in [0.5, 0.6) is 0 Å². The molecule has 0 bridgehead atoms. The molecule has 7 nitrogen and oxygen atoms in total. The number of hydrogen-bond donors (Lipinski definition) is 3. The standard InChI is InChI=1S/C17H30N4O3S/c1-4-19-17(20-10-7-11-24-5-2)21-13-15-8-6-9-16(12-15)14-25(22,23)18-3/h6,8-9,12,18H,4-5,7,10-11,13-14H2,1-3H3,(H2,19,20,21). The Morgan fingerprint density at radius 2 is 1.96 bits per heavy atom. The highest BCUT2D eigenvalue weighted by molar-refractivity contribution is 7.88. The zero-order chi connectivity index (χ0) is 18.5. The van der Waals surface area contributed by atoms with E-state index in [0.29, 0.717) is 6.54 Å². The number of hydrogen-bond acceptors (Lipinski definition) is 4. The number of guanidine groups is 1. The predicted molar refractivity (Wildman–Crippen MR) is 102 cm³/mol. The van der Waals surface area contributed by atoms with Crippen LogP contribution in [0.3, 0.4) is 0 Å². The third-order valence-electron chi connectivity index (χ3n) is 3.39. The smallest absolute Gasteiger partial charge is 0.215 e. The minimum absolute atomic E-state index is 0.0310. The summed E-state index contributed by atoms with van der Waals surface area (Å²) in [5.41, 5.74) is 1.71. The molecule has 1 aromatic rings. The summed E-state index contributed by atoms with van der Waals surface area (Å²) in [7, 11) is -1.85. The predicted octanol–water partition coefficient (Wildman–Crippen LogP) is 1.22. The van der Waals surface area contributed by atoms with Crippen molar-refractivity contribution >= 4 is 16.0 Å². The second-order valence-corrected chi connectivity index (χ2v) is 7.38. The fourth-order valence-corrected chi connectivity index (χ4v) is 2.91. The first kappa shape index (κ1) is 21.4. The fourth-order valence-electron chi connectivity index (χ4n) is 2.15. The van der Waals surface area contributed by atoms with E-state index in [1.165, 1.54) is 7.05 Å². The Bertz CT molecular complexity index is 633. The Kier molecular flexibility index (Phi) is 10.1. The topological polar surface area (TPSA) is 91.8 Å². The molecule has 0 unspecified atom stereocenters. The van der Waals surface area contributed by atoms with Crippen LogP contribution in [0.1, 0.15) is 31.4 Å². The SMILES string of the molecule is CCNC(=NCc1cccc(CS(=O)(=O)NC)c1)NCCCOCC. The molecule has 1 aromatic carbocycles. The summed E-state index contributed by atoms with van der Waals surface area (Å²) in [6.07, 6.45) is 0.912. The van der Waals surface area contributed by atoms with Crippen LogP contribution in [-0.2, 0) is 27.1 Å². The van der Waals surface area contributed by atoms with Gasteiger partial charge in [0, 0.05) is 26.3 Å². The van der Waals surface area contributed by atoms with Crippen molar-refractivity contribution in [2.75, 3.05) is 33.4 Å². The molecule has 0 aliphatic heterocycles. The largest absolute Gasteiger partial charge is 0.382 e. The van der Waals surface area contributed by atoms with Gasteiger partial charge in [0.2, 0.25) is 10.0 Å². The lowest BCUT2D eigenvalue weighted by Gasteiger charge is -2.11. The maximum atomic E-state index is 11.7. The van der Waals surface area contributed by atoms with Crippen LogP contribution < -0.4 is 15.4 Å². The van der Waals surface area contributed by atoms with Crippen molar-refractivity contribution in [1.29, 1.82) is 0 Å². The van der Waals surface area contributed by atoms with Crippen LogP contribution in [0, 0.1) is 0 Å². The van der Waals surface area contributed by atoms with Crippen molar-refractivity contribution in [1.82, 2.24) is 15.4 Å². The van der Waals surface area contributed by atoms with Crippen molar-refractivity contribution in [3.8, 4) is 0 Å². The summed E-state index contributed by atoms with van der Waals surface area (Å²) in [6.45, 7) is 7.49. The summed E-state index contributed by atoms with van der Waals surface area (Å²) in [4.78, 5) is 4.55. The van der Waals surface area contributed by atoms with Crippen molar-refractivity contribution in [2.45, 2.75) is 32.6 Å². The van der Waals surface area contributed by atoms with E-state index >= 15 is 0 Å². The number of nitrogens with one attached hydrogen (secondary N) is 3. The zero-order valence-electron chi connectivity index (χ0n) is 15.3. The summed E-state index contributed by atoms with van der Waals surface area (Å²) in [5, 5.41) is 6.46. The number of sulfonamides is 1. The number of aliphatic imine (C=N–C) groups is 1. The molecule has 142 valence electrons. The van der Waals surface area contributed by atoms with Gasteiger partial charge in [0.15, 0.2) is 5.96 Å². The first-order chi connectivity index (χ1) is 12.0. The molecule has 0 amide bonds. The Balaban J connectivity index is 2.63. The quantitative estimate of drug-likeness (QED) is 0.309. The lowest BCUT2D eigenvalue weighted by molar-refractivity contribution is 0.145. The third-order valence-corrected chi connectivity index (χ3v) is 4.72. The maximum absolute atomic E-state index is 11.7. The molecule has 8 heteroatoms. The maximum Gasteiger partial charge on any atom is 0.215 e. The van der Waals surface area contributed by atoms with E-state index in [1.54, 1.807) is 6.07 Å². The van der Waals surface area contributed by atoms with Gasteiger partial charge in [-0.2, -0.15) is 0 Å². The molecule has 0 aliphatic rings. The summed E-state index contributed by atoms with van der Waals surface area (Å²) in [5.74, 6) is 0.712. The van der Waals surface area contributed by atoms with Gasteiger partial charge in [0.1, 0.15) is 0 Å². The van der Waals surface area contributed by atoms with E-state index in [-0.39, 0.29) is 5.75 Å². The Labute approximate surface area is 151 Å². The van der Waals surface area contributed by atoms with Crippen LogP contribution in [-0.4, -0.2) is 47.7 Å². The summed E-state index contributed by atoms with van der Waals surface area (Å²) < 4.78 is 31.0. The molecule has 0 radical (unpaired) electrons. The van der Waals surface area contributed by atoms with E-state index in [9.17, 15) is 8.42 Å². The highest BCUT2D eigenvalue weighted by Crippen LogP contribution is 2.09. The number of rotatable bonds is 11. The number of ether oxygens (including phenoxy) is 1. The first-order valence-corrected chi connectivity index (χ1v) is 10.2. The van der Waals surface area contributed by atoms with Gasteiger partial charge in [0.25, 0.3) is 0 Å². The normalized spacial score (nSPS) is 12.2. The number of nitrogens with zero attached hydrogens (tertiary/aromatic N) is 1. The van der Waals surface area contributed by atoms with Gasteiger partial charge >= 0.3 is 0 Å². The average Bonchev–Trinajstić information content (AvgIpc) is 2.59. The molecule has 0 saturated carbocycles. The van der Waals surface area contributed by atoms with Gasteiger partial charge in [-0.15, -0.1) is 0 Å². The molecule has 0 heterocycles. The molecule has 3 N–H and O–H groups in total. The van der Waals surface area contributed by atoms with Crippen LogP contribution in [0.25, 0.3) is 0 Å². The molecule has 0 saturated heterocycles. The second-order valence-electron chi connectivity index (χ2n) is 5.46. The first-order valence-electron chi connectivity index (χ1n) is 8.59. The van der Waals surface area contributed by atoms with Gasteiger partial charge in [-0.25, -0.2) is 18.1 Å². The molecule has 0 atom stereocenters. The lowest BCUT2D eigenvalue weighted by Crippen LogP contribution is -2.38. The average molecular weight is 371 g/mol. The summed E-state index contributed by atoms with van der Waals surface area (Å²) in [6, 6.07) is 7.47. The second kappa shape index (κ2) is 11.8. The van der Waals surface area contributed by atoms with Gasteiger partial charge in [-0.1, -0.05) is 24.3 Å². The molecular weight excluding hydrogens is 340 g/mol. The number of benzene rings is 1. The van der Waals surface area contributed by atoms with Crippen LogP contribution in [0.4, 0.5) is 0 Å². The molecule has 25 heavy (non-hydrogen) atoms. The minimum atomic E-state index is -3.27. The molecule has 0 fully saturated rings. The van der Waals surface area contributed by atoms with Gasteiger partial charge < -0.3 is 15.4 Å². The Morgan fingerprint density at radius 1 is 1.20 bits per heavy atom. The Morgan fingerprint density at radius 3 is 2.64 bits per heavy atom. The molecule has 1 rings (SSSR count). The van der Waals surface area contributed by atoms with E-state index in [2.05, 4.69) is 20.3 Å². The van der Waals surface area contributed by atoms with Crippen molar-refractivity contribution in [3.63, 3.8) is 0 Å². The van der Waals surface area contributed by atoms with Crippen molar-refractivity contribution in [2.24, 2.45) is 4.99 Å². The van der Waals surface area contributed by atoms with Crippen LogP contribution in [0.15, 0.2) is 29.3 Å². The van der Waals surface area contributed by atoms with Gasteiger partial charge in [-0.3, -0.25) is 0 Å². The van der Waals surface area contributed by atoms with Crippen molar-refractivity contribution < 1.29 is 13.2 Å². The molecule has 0 aromatic heterocycles. The van der Waals surface area contributed by atoms with Crippen LogP contribution >= 0.6 is 0 Å².